The van der Waals surface area contributed by atoms with Crippen molar-refractivity contribution in [1.29, 1.82) is 5.26 Å². The molecule has 0 aromatic heterocycles. The molecular weight excluding hydrogens is 178 g/mol. The second kappa shape index (κ2) is 4.80. The number of nitrogens with zero attached hydrogens (tertiary/aromatic N) is 1. The molecule has 14 heavy (non-hydrogen) atoms. The molecule has 1 fully saturated rings. The summed E-state index contributed by atoms with van der Waals surface area (Å²) in [6.07, 6.45) is 4.26. The molecule has 0 aliphatic heterocycles. The SMILES string of the molecule is CC(=O)O/C(C#N)=C1\CCCCC1C. The predicted octanol–water partition coefficient (Wildman–Crippen LogP) is 2.54. The van der Waals surface area contributed by atoms with Gasteiger partial charge in [0.25, 0.3) is 0 Å². The number of hydrogen-bond acceptors (Lipinski definition) is 3. The van der Waals surface area contributed by atoms with Crippen LogP contribution in [0.15, 0.2) is 11.3 Å². The van der Waals surface area contributed by atoms with Gasteiger partial charge in [-0.1, -0.05) is 13.3 Å². The molecule has 1 saturated carbocycles. The van der Waals surface area contributed by atoms with E-state index in [0.717, 1.165) is 24.8 Å². The Kier molecular flexibility index (Phi) is 3.70. The quantitative estimate of drug-likeness (QED) is 0.365. The molecular formula is C11H15NO2. The lowest BCUT2D eigenvalue weighted by Crippen LogP contribution is -2.11. The first-order valence-electron chi connectivity index (χ1n) is 4.96. The molecule has 76 valence electrons. The zero-order chi connectivity index (χ0) is 10.6. The summed E-state index contributed by atoms with van der Waals surface area (Å²) in [6.45, 7) is 3.40. The van der Waals surface area contributed by atoms with Gasteiger partial charge in [0, 0.05) is 6.92 Å². The molecule has 0 saturated heterocycles. The minimum atomic E-state index is -0.410. The van der Waals surface area contributed by atoms with Crippen molar-refractivity contribution in [1.82, 2.24) is 0 Å². The molecule has 0 N–H and O–H groups in total. The van der Waals surface area contributed by atoms with Crippen molar-refractivity contribution in [2.45, 2.75) is 39.5 Å². The van der Waals surface area contributed by atoms with Gasteiger partial charge >= 0.3 is 5.97 Å². The minimum absolute atomic E-state index is 0.227. The molecule has 1 aliphatic rings. The second-order valence-corrected chi connectivity index (χ2v) is 3.71. The van der Waals surface area contributed by atoms with Gasteiger partial charge < -0.3 is 4.74 Å². The summed E-state index contributed by atoms with van der Waals surface area (Å²) >= 11 is 0. The maximum Gasteiger partial charge on any atom is 0.308 e. The van der Waals surface area contributed by atoms with Crippen LogP contribution in [0, 0.1) is 17.2 Å². The Bertz CT molecular complexity index is 299. The van der Waals surface area contributed by atoms with Gasteiger partial charge in [0.2, 0.25) is 5.76 Å². The lowest BCUT2D eigenvalue weighted by molar-refractivity contribution is -0.136. The number of hydrogen-bond donors (Lipinski definition) is 0. The van der Waals surface area contributed by atoms with Gasteiger partial charge in [0.15, 0.2) is 0 Å². The van der Waals surface area contributed by atoms with Gasteiger partial charge in [-0.2, -0.15) is 5.26 Å². The molecule has 0 aromatic rings. The molecule has 0 aromatic carbocycles. The normalized spacial score (nSPS) is 25.1. The summed E-state index contributed by atoms with van der Waals surface area (Å²) in [4.78, 5) is 10.8. The topological polar surface area (TPSA) is 50.1 Å². The first-order chi connectivity index (χ1) is 6.65. The van der Waals surface area contributed by atoms with Crippen molar-refractivity contribution in [3.05, 3.63) is 11.3 Å². The summed E-state index contributed by atoms with van der Waals surface area (Å²) in [5.41, 5.74) is 1.01. The fourth-order valence-corrected chi connectivity index (χ4v) is 1.83. The number of esters is 1. The fraction of sp³-hybridized carbons (Fsp3) is 0.636. The summed E-state index contributed by atoms with van der Waals surface area (Å²) in [6, 6.07) is 1.97. The van der Waals surface area contributed by atoms with Crippen molar-refractivity contribution in [2.24, 2.45) is 5.92 Å². The maximum absolute atomic E-state index is 10.8. The van der Waals surface area contributed by atoms with Crippen LogP contribution in [-0.2, 0) is 9.53 Å². The van der Waals surface area contributed by atoms with E-state index in [2.05, 4.69) is 6.92 Å². The highest BCUT2D eigenvalue weighted by Crippen LogP contribution is 2.31. The Hall–Kier alpha value is -1.30. The molecule has 0 heterocycles. The highest BCUT2D eigenvalue weighted by atomic mass is 16.5. The van der Waals surface area contributed by atoms with Gasteiger partial charge in [-0.3, -0.25) is 4.79 Å². The zero-order valence-corrected chi connectivity index (χ0v) is 8.67. The summed E-state index contributed by atoms with van der Waals surface area (Å²) in [5.74, 6) is 0.189. The molecule has 1 atom stereocenters. The summed E-state index contributed by atoms with van der Waals surface area (Å²) in [5, 5.41) is 8.86. The Morgan fingerprint density at radius 3 is 2.79 bits per heavy atom. The molecule has 0 bridgehead atoms. The highest BCUT2D eigenvalue weighted by Gasteiger charge is 2.20. The first-order valence-corrected chi connectivity index (χ1v) is 4.96. The molecule has 0 radical (unpaired) electrons. The number of ether oxygens (including phenoxy) is 1. The Morgan fingerprint density at radius 2 is 2.29 bits per heavy atom. The van der Waals surface area contributed by atoms with Crippen molar-refractivity contribution < 1.29 is 9.53 Å². The molecule has 1 rings (SSSR count). The van der Waals surface area contributed by atoms with E-state index in [1.807, 2.05) is 6.07 Å². The van der Waals surface area contributed by atoms with Gasteiger partial charge in [0.05, 0.1) is 0 Å². The second-order valence-electron chi connectivity index (χ2n) is 3.71. The Labute approximate surface area is 84.4 Å². The zero-order valence-electron chi connectivity index (χ0n) is 8.67. The van der Waals surface area contributed by atoms with E-state index in [4.69, 9.17) is 10.00 Å². The lowest BCUT2D eigenvalue weighted by atomic mass is 9.85. The predicted molar refractivity (Wildman–Crippen MR) is 52.0 cm³/mol. The number of carbonyl (C=O) groups is 1. The van der Waals surface area contributed by atoms with Gasteiger partial charge in [-0.05, 0) is 30.8 Å². The van der Waals surface area contributed by atoms with Crippen LogP contribution >= 0.6 is 0 Å². The third-order valence-corrected chi connectivity index (χ3v) is 2.57. The van der Waals surface area contributed by atoms with Crippen molar-refractivity contribution in [2.75, 3.05) is 0 Å². The van der Waals surface area contributed by atoms with Crippen LogP contribution in [0.25, 0.3) is 0 Å². The minimum Gasteiger partial charge on any atom is -0.415 e. The lowest BCUT2D eigenvalue weighted by Gasteiger charge is -2.22. The monoisotopic (exact) mass is 193 g/mol. The van der Waals surface area contributed by atoms with Crippen molar-refractivity contribution in [3.63, 3.8) is 0 Å². The van der Waals surface area contributed by atoms with E-state index >= 15 is 0 Å². The maximum atomic E-state index is 10.8. The Balaban J connectivity index is 2.86. The molecule has 0 spiro atoms. The van der Waals surface area contributed by atoms with E-state index < -0.39 is 5.97 Å². The van der Waals surface area contributed by atoms with Crippen LogP contribution < -0.4 is 0 Å². The number of carbonyl (C=O) groups excluding carboxylic acids is 1. The van der Waals surface area contributed by atoms with Crippen molar-refractivity contribution >= 4 is 5.97 Å². The van der Waals surface area contributed by atoms with Crippen LogP contribution in [0.3, 0.4) is 0 Å². The molecule has 3 heteroatoms. The third kappa shape index (κ3) is 2.59. The number of allylic oxidation sites excluding steroid dienone is 2. The van der Waals surface area contributed by atoms with Crippen LogP contribution in [0.5, 0.6) is 0 Å². The van der Waals surface area contributed by atoms with E-state index in [-0.39, 0.29) is 5.76 Å². The average Bonchev–Trinajstić information content (AvgIpc) is 2.15. The van der Waals surface area contributed by atoms with Gasteiger partial charge in [0.1, 0.15) is 6.07 Å². The smallest absolute Gasteiger partial charge is 0.308 e. The van der Waals surface area contributed by atoms with E-state index in [0.29, 0.717) is 5.92 Å². The standard InChI is InChI=1S/C11H15NO2/c1-8-5-3-4-6-10(8)11(7-12)14-9(2)13/h8H,3-6H2,1-2H3/b11-10+. The highest BCUT2D eigenvalue weighted by molar-refractivity contribution is 5.68. The molecule has 3 nitrogen and oxygen atoms in total. The van der Waals surface area contributed by atoms with Gasteiger partial charge in [-0.15, -0.1) is 0 Å². The number of nitriles is 1. The van der Waals surface area contributed by atoms with Crippen molar-refractivity contribution in [3.8, 4) is 6.07 Å². The van der Waals surface area contributed by atoms with E-state index in [1.165, 1.54) is 13.3 Å². The fourth-order valence-electron chi connectivity index (χ4n) is 1.83. The van der Waals surface area contributed by atoms with E-state index in [9.17, 15) is 4.79 Å². The van der Waals surface area contributed by atoms with Crippen LogP contribution in [0.1, 0.15) is 39.5 Å². The largest absolute Gasteiger partial charge is 0.415 e. The average molecular weight is 193 g/mol. The molecule has 0 amide bonds. The summed E-state index contributed by atoms with van der Waals surface area (Å²) in [7, 11) is 0. The van der Waals surface area contributed by atoms with Crippen LogP contribution in [0.2, 0.25) is 0 Å². The van der Waals surface area contributed by atoms with E-state index in [1.54, 1.807) is 0 Å². The van der Waals surface area contributed by atoms with Gasteiger partial charge in [-0.25, -0.2) is 0 Å². The molecule has 1 unspecified atom stereocenters. The number of rotatable bonds is 1. The molecule has 1 aliphatic carbocycles. The third-order valence-electron chi connectivity index (χ3n) is 2.57. The summed E-state index contributed by atoms with van der Waals surface area (Å²) < 4.78 is 4.89. The first kappa shape index (κ1) is 10.8. The Morgan fingerprint density at radius 1 is 1.57 bits per heavy atom. The van der Waals surface area contributed by atoms with Crippen LogP contribution in [0.4, 0.5) is 0 Å². The van der Waals surface area contributed by atoms with Crippen LogP contribution in [-0.4, -0.2) is 5.97 Å².